The summed E-state index contributed by atoms with van der Waals surface area (Å²) in [6.45, 7) is 0.395. The van der Waals surface area contributed by atoms with Crippen molar-refractivity contribution in [2.75, 3.05) is 0 Å². The molecule has 12 nitrogen and oxygen atoms in total. The minimum absolute atomic E-state index is 0.00641. The molecule has 0 aliphatic rings. The average Bonchev–Trinajstić information content (AvgIpc) is 3.12. The second-order valence-electron chi connectivity index (χ2n) is 12.0. The van der Waals surface area contributed by atoms with Crippen molar-refractivity contribution in [1.82, 2.24) is 15.4 Å². The number of sulfonamides is 1. The van der Waals surface area contributed by atoms with Crippen LogP contribution in [0.3, 0.4) is 0 Å². The second-order valence-corrected chi connectivity index (χ2v) is 13.8. The van der Waals surface area contributed by atoms with Crippen LogP contribution >= 0.6 is 0 Å². The van der Waals surface area contributed by atoms with Gasteiger partial charge >= 0.3 is 5.97 Å². The number of fused-ring (bicyclic) bond motifs is 1. The maximum atomic E-state index is 14.2. The van der Waals surface area contributed by atoms with Crippen molar-refractivity contribution < 1.29 is 27.9 Å². The Labute approximate surface area is 295 Å². The normalized spacial score (nSPS) is 12.5. The molecule has 0 radical (unpaired) electrons. The number of carboxylic acids is 1. The Balaban J connectivity index is 1.43. The summed E-state index contributed by atoms with van der Waals surface area (Å²) in [5.74, 6) is -3.01. The van der Waals surface area contributed by atoms with Crippen LogP contribution in [0.5, 0.6) is 0 Å². The van der Waals surface area contributed by atoms with E-state index in [1.165, 1.54) is 24.3 Å². The molecule has 2 atom stereocenters. The molecule has 0 aromatic heterocycles. The third-order valence-corrected chi connectivity index (χ3v) is 9.56. The van der Waals surface area contributed by atoms with Gasteiger partial charge < -0.3 is 27.2 Å². The summed E-state index contributed by atoms with van der Waals surface area (Å²) in [5, 5.41) is 24.1. The molecule has 0 aliphatic carbocycles. The van der Waals surface area contributed by atoms with Gasteiger partial charge in [-0.15, -0.1) is 0 Å². The molecule has 0 saturated heterocycles. The van der Waals surface area contributed by atoms with Gasteiger partial charge in [0.05, 0.1) is 11.3 Å². The zero-order valence-corrected chi connectivity index (χ0v) is 28.3. The second kappa shape index (κ2) is 16.2. The SMILES string of the molecule is N=C(N)c1ccc(CNC(=O)C(Cc2cccc(CN)c2)NC(=O)C(NS(=O)(=O)Cc2ccc(C(=O)O)cc2)c2ccc3ccccc3c2)cc1. The molecule has 0 bridgehead atoms. The quantitative estimate of drug-likeness (QED) is 0.0630. The summed E-state index contributed by atoms with van der Waals surface area (Å²) in [5.41, 5.74) is 14.9. The summed E-state index contributed by atoms with van der Waals surface area (Å²) >= 11 is 0. The van der Waals surface area contributed by atoms with E-state index in [0.29, 0.717) is 16.7 Å². The molecule has 0 aliphatic heterocycles. The van der Waals surface area contributed by atoms with E-state index in [9.17, 15) is 27.9 Å². The van der Waals surface area contributed by atoms with Crippen molar-refractivity contribution in [3.8, 4) is 0 Å². The summed E-state index contributed by atoms with van der Waals surface area (Å²) in [6, 6.07) is 29.6. The van der Waals surface area contributed by atoms with Gasteiger partial charge in [-0.1, -0.05) is 97.1 Å². The lowest BCUT2D eigenvalue weighted by atomic mass is 10.00. The van der Waals surface area contributed by atoms with E-state index < -0.39 is 45.6 Å². The topological polar surface area (TPSA) is 218 Å². The number of rotatable bonds is 15. The first-order chi connectivity index (χ1) is 24.4. The Morgan fingerprint density at radius 1 is 0.725 bits per heavy atom. The number of nitrogens with one attached hydrogen (secondary N) is 4. The first-order valence-corrected chi connectivity index (χ1v) is 17.7. The molecule has 0 fully saturated rings. The molecule has 0 heterocycles. The van der Waals surface area contributed by atoms with Gasteiger partial charge in [0.2, 0.25) is 21.8 Å². The average molecular weight is 707 g/mol. The van der Waals surface area contributed by atoms with Gasteiger partial charge in [0, 0.05) is 25.1 Å². The highest BCUT2D eigenvalue weighted by Gasteiger charge is 2.30. The molecule has 51 heavy (non-hydrogen) atoms. The number of carbonyl (C=O) groups is 3. The Morgan fingerprint density at radius 3 is 2.04 bits per heavy atom. The number of nitrogens with two attached hydrogens (primary N) is 2. The van der Waals surface area contributed by atoms with Gasteiger partial charge in [0.15, 0.2) is 0 Å². The summed E-state index contributed by atoms with van der Waals surface area (Å²) in [4.78, 5) is 39.2. The lowest BCUT2D eigenvalue weighted by Gasteiger charge is -2.24. The van der Waals surface area contributed by atoms with Crippen LogP contribution in [0.2, 0.25) is 0 Å². The molecule has 2 amide bonds. The summed E-state index contributed by atoms with van der Waals surface area (Å²) in [7, 11) is -4.19. The third kappa shape index (κ3) is 9.85. The number of carboxylic acid groups (broad SMARTS) is 1. The highest BCUT2D eigenvalue weighted by atomic mass is 32.2. The summed E-state index contributed by atoms with van der Waals surface area (Å²) < 4.78 is 29.6. The van der Waals surface area contributed by atoms with Crippen LogP contribution in [0.4, 0.5) is 0 Å². The minimum atomic E-state index is -4.19. The Morgan fingerprint density at radius 2 is 1.37 bits per heavy atom. The maximum Gasteiger partial charge on any atom is 0.335 e. The van der Waals surface area contributed by atoms with Gasteiger partial charge in [-0.3, -0.25) is 15.0 Å². The van der Waals surface area contributed by atoms with Crippen LogP contribution < -0.4 is 26.8 Å². The molecule has 5 aromatic carbocycles. The maximum absolute atomic E-state index is 14.2. The van der Waals surface area contributed by atoms with Crippen LogP contribution in [-0.2, 0) is 44.9 Å². The Hall–Kier alpha value is -5.89. The Kier molecular flexibility index (Phi) is 11.6. The highest BCUT2D eigenvalue weighted by Crippen LogP contribution is 2.23. The van der Waals surface area contributed by atoms with Gasteiger partial charge in [-0.25, -0.2) is 13.2 Å². The summed E-state index contributed by atoms with van der Waals surface area (Å²) in [6.07, 6.45) is 0.0851. The largest absolute Gasteiger partial charge is 0.478 e. The van der Waals surface area contributed by atoms with Crippen molar-refractivity contribution in [1.29, 1.82) is 5.41 Å². The lowest BCUT2D eigenvalue weighted by Crippen LogP contribution is -2.51. The number of amides is 2. The standard InChI is InChI=1S/C38H38N6O6S/c39-21-27-5-3-4-26(18-27)19-33(36(45)42-22-24-8-12-29(13-9-24)35(40)41)43-37(46)34(32-17-16-28-6-1-2-7-31(28)20-32)44-51(49,50)23-25-10-14-30(15-11-25)38(47)48/h1-18,20,33-34,44H,19,21-23,39H2,(H3,40,41)(H,42,45)(H,43,46)(H,47,48). The van der Waals surface area contributed by atoms with Crippen LogP contribution in [-0.4, -0.2) is 43.2 Å². The Bertz CT molecular complexity index is 2170. The van der Waals surface area contributed by atoms with E-state index in [4.69, 9.17) is 16.9 Å². The fourth-order valence-corrected chi connectivity index (χ4v) is 6.86. The van der Waals surface area contributed by atoms with Crippen molar-refractivity contribution in [3.63, 3.8) is 0 Å². The number of benzene rings is 5. The van der Waals surface area contributed by atoms with E-state index in [1.807, 2.05) is 42.5 Å². The molecule has 13 heteroatoms. The van der Waals surface area contributed by atoms with E-state index in [-0.39, 0.29) is 30.9 Å². The first-order valence-electron chi connectivity index (χ1n) is 16.0. The van der Waals surface area contributed by atoms with Crippen LogP contribution in [0.1, 0.15) is 49.8 Å². The van der Waals surface area contributed by atoms with Crippen molar-refractivity contribution >= 4 is 44.4 Å². The highest BCUT2D eigenvalue weighted by molar-refractivity contribution is 7.88. The van der Waals surface area contributed by atoms with Gasteiger partial charge in [0.25, 0.3) is 0 Å². The van der Waals surface area contributed by atoms with Gasteiger partial charge in [-0.05, 0) is 56.8 Å². The molecule has 0 spiro atoms. The van der Waals surface area contributed by atoms with Crippen molar-refractivity contribution in [3.05, 3.63) is 154 Å². The number of hydrogen-bond acceptors (Lipinski definition) is 7. The van der Waals surface area contributed by atoms with E-state index in [2.05, 4.69) is 15.4 Å². The lowest BCUT2D eigenvalue weighted by molar-refractivity contribution is -0.130. The van der Waals surface area contributed by atoms with Crippen LogP contribution in [0, 0.1) is 5.41 Å². The number of nitrogen functional groups attached to an aromatic ring is 1. The molecule has 5 aromatic rings. The van der Waals surface area contributed by atoms with Crippen LogP contribution in [0.25, 0.3) is 10.8 Å². The van der Waals surface area contributed by atoms with Gasteiger partial charge in [-0.2, -0.15) is 4.72 Å². The number of amidine groups is 1. The van der Waals surface area contributed by atoms with Crippen molar-refractivity contribution in [2.45, 2.75) is 37.3 Å². The molecule has 0 saturated carbocycles. The molecule has 2 unspecified atom stereocenters. The fourth-order valence-electron chi connectivity index (χ4n) is 5.54. The number of carbonyl (C=O) groups excluding carboxylic acids is 2. The van der Waals surface area contributed by atoms with Crippen molar-refractivity contribution in [2.24, 2.45) is 11.5 Å². The van der Waals surface area contributed by atoms with E-state index >= 15 is 0 Å². The molecular formula is C38H38N6O6S. The fraction of sp³-hybridized carbons (Fsp3) is 0.158. The third-order valence-electron chi connectivity index (χ3n) is 8.26. The van der Waals surface area contributed by atoms with E-state index in [1.54, 1.807) is 48.5 Å². The number of aromatic carboxylic acids is 1. The predicted octanol–water partition coefficient (Wildman–Crippen LogP) is 3.49. The minimum Gasteiger partial charge on any atom is -0.478 e. The zero-order chi connectivity index (χ0) is 36.5. The smallest absolute Gasteiger partial charge is 0.335 e. The predicted molar refractivity (Wildman–Crippen MR) is 195 cm³/mol. The molecular weight excluding hydrogens is 669 g/mol. The monoisotopic (exact) mass is 706 g/mol. The first kappa shape index (κ1) is 36.4. The zero-order valence-electron chi connectivity index (χ0n) is 27.5. The number of hydrogen-bond donors (Lipinski definition) is 7. The van der Waals surface area contributed by atoms with E-state index in [0.717, 1.165) is 27.5 Å². The molecule has 5 rings (SSSR count). The van der Waals surface area contributed by atoms with Gasteiger partial charge in [0.1, 0.15) is 17.9 Å². The molecule has 9 N–H and O–H groups in total. The molecule has 262 valence electrons. The van der Waals surface area contributed by atoms with Crippen LogP contribution in [0.15, 0.2) is 115 Å².